The van der Waals surface area contributed by atoms with Crippen LogP contribution in [0, 0.1) is 5.92 Å². The Hall–Kier alpha value is -6.18. The van der Waals surface area contributed by atoms with E-state index in [0.717, 1.165) is 24.1 Å². The van der Waals surface area contributed by atoms with Crippen molar-refractivity contribution in [1.29, 1.82) is 0 Å². The van der Waals surface area contributed by atoms with Gasteiger partial charge in [-0.2, -0.15) is 4.90 Å². The van der Waals surface area contributed by atoms with Gasteiger partial charge in [-0.25, -0.2) is 4.90 Å². The Bertz CT molecular complexity index is 2810. The smallest absolute Gasteiger partial charge is 0.289 e. The van der Waals surface area contributed by atoms with Crippen LogP contribution in [-0.4, -0.2) is 190 Å². The van der Waals surface area contributed by atoms with E-state index in [1.807, 2.05) is 0 Å². The second kappa shape index (κ2) is 18.3. The molecule has 2 fully saturated rings. The zero-order valence-corrected chi connectivity index (χ0v) is 39.7. The number of carbonyl (C=O) groups excluding carboxylic acids is 2. The van der Waals surface area contributed by atoms with Crippen LogP contribution < -0.4 is 23.7 Å². The molecule has 74 heavy (non-hydrogen) atoms. The van der Waals surface area contributed by atoms with Gasteiger partial charge in [-0.1, -0.05) is 30.3 Å². The first kappa shape index (κ1) is 54.1. The minimum Gasteiger partial charge on any atom is -0.504 e. The number of carbonyl (C=O) groups is 2. The summed E-state index contributed by atoms with van der Waals surface area (Å²) in [5, 5.41) is 190. The normalized spacial score (nSPS) is 24.1. The summed E-state index contributed by atoms with van der Waals surface area (Å²) in [4.78, 5) is 28.0. The molecule has 4 aromatic carbocycles. The first-order valence-corrected chi connectivity index (χ1v) is 22.7. The van der Waals surface area contributed by atoms with Crippen LogP contribution in [0.15, 0.2) is 54.6 Å². The molecule has 2 unspecified atom stereocenters. The van der Waals surface area contributed by atoms with Gasteiger partial charge in [0.05, 0.1) is 21.3 Å². The molecule has 2 aliphatic heterocycles. The van der Waals surface area contributed by atoms with Gasteiger partial charge in [-0.05, 0) is 66.1 Å². The van der Waals surface area contributed by atoms with Crippen molar-refractivity contribution >= 4 is 11.6 Å². The maximum atomic E-state index is 13.9. The van der Waals surface area contributed by atoms with Crippen LogP contribution in [0.1, 0.15) is 68.7 Å². The summed E-state index contributed by atoms with van der Waals surface area (Å²) >= 11 is 0. The summed E-state index contributed by atoms with van der Waals surface area (Å²) in [5.74, 6) is -29.8. The average Bonchev–Trinajstić information content (AvgIpc) is 3.73. The number of aliphatic hydroxyl groups is 13. The number of ketones is 2. The van der Waals surface area contributed by atoms with E-state index in [9.17, 15) is 96.4 Å². The Kier molecular flexibility index (Phi) is 13.4. The Morgan fingerprint density at radius 2 is 1.07 bits per heavy atom. The fourth-order valence-electron chi connectivity index (χ4n) is 10.5. The number of rotatable bonds is 15. The van der Waals surface area contributed by atoms with Crippen LogP contribution >= 0.6 is 0 Å². The minimum atomic E-state index is -4.61. The second-order valence-corrected chi connectivity index (χ2v) is 19.1. The van der Waals surface area contributed by atoms with Crippen LogP contribution in [0.3, 0.4) is 0 Å². The van der Waals surface area contributed by atoms with Crippen LogP contribution in [0.4, 0.5) is 0 Å². The van der Waals surface area contributed by atoms with Gasteiger partial charge in [-0.15, -0.1) is 0 Å². The Labute approximate surface area is 418 Å². The van der Waals surface area contributed by atoms with E-state index in [1.54, 1.807) is 6.07 Å². The number of piperidine rings is 2. The highest BCUT2D eigenvalue weighted by atomic mass is 16.7. The SMILES string of the molecule is COc1cc2c(cc1OC)C(=O)C(O)(CC1CCN(C(O)(O)c3c(O)c(O)c(OCOc4cc5c(cc4OC)CC(O)(CC4(O)C(O)(O)C(O)(O)N(Cc6ccccc6)C(O)(O)C4(O)O)C5=O)c(O)c3O)CC1)C2. The van der Waals surface area contributed by atoms with E-state index in [-0.39, 0.29) is 72.0 Å². The van der Waals surface area contributed by atoms with Gasteiger partial charge < -0.3 is 110 Å². The Morgan fingerprint density at radius 1 is 0.608 bits per heavy atom. The Morgan fingerprint density at radius 3 is 1.58 bits per heavy atom. The summed E-state index contributed by atoms with van der Waals surface area (Å²) < 4.78 is 26.8. The van der Waals surface area contributed by atoms with Crippen molar-refractivity contribution in [3.05, 3.63) is 88.0 Å². The molecule has 2 atom stereocenters. The number of nitrogens with zero attached hydrogens (tertiary/aromatic N) is 2. The molecule has 4 aromatic rings. The number of hydrogen-bond donors (Lipinski definition) is 17. The third-order valence-corrected chi connectivity index (χ3v) is 14.7. The molecule has 2 saturated heterocycles. The summed E-state index contributed by atoms with van der Waals surface area (Å²) in [6.07, 6.45) is -2.49. The van der Waals surface area contributed by atoms with E-state index in [4.69, 9.17) is 23.7 Å². The van der Waals surface area contributed by atoms with Crippen molar-refractivity contribution in [1.82, 2.24) is 9.80 Å². The Balaban J connectivity index is 0.951. The number of benzene rings is 4. The molecule has 17 N–H and O–H groups in total. The van der Waals surface area contributed by atoms with Crippen LogP contribution in [0.25, 0.3) is 0 Å². The van der Waals surface area contributed by atoms with E-state index < -0.39 is 129 Å². The number of methoxy groups -OCH3 is 3. The molecular weight excluding hydrogens is 989 g/mol. The quantitative estimate of drug-likeness (QED) is 0.0322. The summed E-state index contributed by atoms with van der Waals surface area (Å²) in [5.41, 5.74) is -10.2. The molecule has 0 spiro atoms. The van der Waals surface area contributed by atoms with Crippen molar-refractivity contribution in [3.8, 4) is 51.7 Å². The summed E-state index contributed by atoms with van der Waals surface area (Å²) in [7, 11) is 3.96. The molecule has 26 nitrogen and oxygen atoms in total. The van der Waals surface area contributed by atoms with E-state index >= 15 is 0 Å². The zero-order chi connectivity index (χ0) is 54.5. The maximum Gasteiger partial charge on any atom is 0.289 e. The van der Waals surface area contributed by atoms with Gasteiger partial charge in [0.15, 0.2) is 51.7 Å². The maximum absolute atomic E-state index is 13.9. The molecular formula is C48H56N2O24. The third-order valence-electron chi connectivity index (χ3n) is 14.7. The van der Waals surface area contributed by atoms with Gasteiger partial charge in [0.25, 0.3) is 29.3 Å². The summed E-state index contributed by atoms with van der Waals surface area (Å²) in [6, 6.07) is 12.1. The minimum absolute atomic E-state index is 0.00449. The topological polar surface area (TPSA) is 431 Å². The van der Waals surface area contributed by atoms with Crippen LogP contribution in [-0.2, 0) is 25.3 Å². The number of ether oxygens (including phenoxy) is 5. The van der Waals surface area contributed by atoms with Gasteiger partial charge in [0, 0.05) is 50.0 Å². The standard InChI is InChI=1S/C48H56N2O24/c1-70-29-13-25-18-41(57,39(55)27(25)15-31(29)72-3)17-23-9-11-49(12-10-23)44(60,61)33-34(51)36(53)38(37(54)35(33)52)74-22-73-32-16-28-26(14-30(32)71-2)19-42(58,40(28)56)21-43(59)45(62,63)47(66,67)50(48(68,69)46(43,64)65)20-24-7-5-4-6-8-24/h4-8,13-16,23,51-54,57-69H,9-12,17-22H2,1-3H3. The first-order chi connectivity index (χ1) is 34.4. The zero-order valence-electron chi connectivity index (χ0n) is 39.7. The lowest BCUT2D eigenvalue weighted by atomic mass is 9.68. The van der Waals surface area contributed by atoms with E-state index in [0.29, 0.717) is 17.1 Å². The second-order valence-electron chi connectivity index (χ2n) is 19.1. The van der Waals surface area contributed by atoms with Crippen LogP contribution in [0.2, 0.25) is 0 Å². The predicted molar refractivity (Wildman–Crippen MR) is 243 cm³/mol. The number of aromatic hydroxyl groups is 4. The van der Waals surface area contributed by atoms with Crippen molar-refractivity contribution in [2.24, 2.45) is 5.92 Å². The number of hydrogen-bond acceptors (Lipinski definition) is 26. The van der Waals surface area contributed by atoms with Crippen molar-refractivity contribution in [2.45, 2.75) is 91.2 Å². The average molecular weight is 1040 g/mol. The first-order valence-electron chi connectivity index (χ1n) is 22.7. The third kappa shape index (κ3) is 8.10. The monoisotopic (exact) mass is 1040 g/mol. The number of likely N-dealkylation sites (tertiary alicyclic amines) is 2. The molecule has 26 heteroatoms. The lowest BCUT2D eigenvalue weighted by Gasteiger charge is -2.63. The van der Waals surface area contributed by atoms with E-state index in [1.165, 1.54) is 50.6 Å². The fraction of sp³-hybridized carbons (Fsp3) is 0.458. The molecule has 4 aliphatic rings. The van der Waals surface area contributed by atoms with Crippen molar-refractivity contribution in [3.63, 3.8) is 0 Å². The van der Waals surface area contributed by atoms with Gasteiger partial charge in [-0.3, -0.25) is 9.59 Å². The largest absolute Gasteiger partial charge is 0.504 e. The molecule has 8 rings (SSSR count). The van der Waals surface area contributed by atoms with Crippen molar-refractivity contribution in [2.75, 3.05) is 41.2 Å². The number of phenols is 4. The number of fused-ring (bicyclic) bond motifs is 2. The molecule has 2 heterocycles. The van der Waals surface area contributed by atoms with E-state index in [2.05, 4.69) is 0 Å². The molecule has 402 valence electrons. The number of Topliss-reactive ketones (excluding diaryl/α,β-unsaturated/α-hetero) is 2. The highest BCUT2D eigenvalue weighted by Crippen LogP contribution is 2.57. The van der Waals surface area contributed by atoms with Gasteiger partial charge in [0.1, 0.15) is 16.8 Å². The molecule has 0 bridgehead atoms. The van der Waals surface area contributed by atoms with Gasteiger partial charge >= 0.3 is 0 Å². The lowest BCUT2D eigenvalue weighted by Crippen LogP contribution is -2.93. The molecule has 0 aromatic heterocycles. The van der Waals surface area contributed by atoms with Crippen molar-refractivity contribution < 1.29 is 120 Å². The predicted octanol–water partition coefficient (Wildman–Crippen LogP) is -2.94. The lowest BCUT2D eigenvalue weighted by molar-refractivity contribution is -0.598. The molecule has 0 radical (unpaired) electrons. The highest BCUT2D eigenvalue weighted by molar-refractivity contribution is 6.08. The number of phenolic OH excluding ortho intramolecular Hbond substituents is 4. The van der Waals surface area contributed by atoms with Gasteiger partial charge in [0.2, 0.25) is 24.0 Å². The molecule has 0 amide bonds. The molecule has 2 aliphatic carbocycles. The highest BCUT2D eigenvalue weighted by Gasteiger charge is 2.85. The van der Waals surface area contributed by atoms with Crippen LogP contribution in [0.5, 0.6) is 51.7 Å². The fourth-order valence-corrected chi connectivity index (χ4v) is 10.5. The summed E-state index contributed by atoms with van der Waals surface area (Å²) in [6.45, 7) is -2.39. The molecule has 0 saturated carbocycles.